The second kappa shape index (κ2) is 11.7. The molecule has 0 unspecified atom stereocenters. The molecule has 160 valence electrons. The Labute approximate surface area is 180 Å². The van der Waals surface area contributed by atoms with E-state index >= 15 is 0 Å². The van der Waals surface area contributed by atoms with Crippen molar-refractivity contribution in [3.8, 4) is 0 Å². The summed E-state index contributed by atoms with van der Waals surface area (Å²) in [6.07, 6.45) is 4.14. The monoisotopic (exact) mass is 407 g/mol. The minimum atomic E-state index is -0.0585. The smallest absolute Gasteiger partial charge is 0.310 e. The fourth-order valence-electron chi connectivity index (χ4n) is 4.01. The van der Waals surface area contributed by atoms with Crippen LogP contribution in [0, 0.1) is 12.8 Å². The molecular formula is C26H33NO3. The summed E-state index contributed by atoms with van der Waals surface area (Å²) in [5.74, 6) is -0.0545. The lowest BCUT2D eigenvalue weighted by Crippen LogP contribution is -2.40. The molecule has 0 aromatic heterocycles. The van der Waals surface area contributed by atoms with Gasteiger partial charge < -0.3 is 14.4 Å². The number of carbonyl (C=O) groups excluding carboxylic acids is 1. The fraction of sp³-hybridized carbons (Fsp3) is 0.423. The third-order valence-electron chi connectivity index (χ3n) is 5.60. The molecule has 0 saturated carbocycles. The van der Waals surface area contributed by atoms with E-state index in [9.17, 15) is 4.79 Å². The molecule has 3 rings (SSSR count). The second-order valence-electron chi connectivity index (χ2n) is 7.77. The number of hydrogen-bond acceptors (Lipinski definition) is 4. The van der Waals surface area contributed by atoms with E-state index < -0.39 is 0 Å². The molecule has 1 atom stereocenters. The standard InChI is InChI=1S/C26H33NO3/c1-3-30-26(28)23-13-9-16-27(20-23)17-19-29-18-15-25(22-11-5-4-6-12-22)24-14-8-7-10-21(24)2/h4-8,10-12,14-15,23H,3,9,13,16-20H2,1-2H3/b25-15-/t23-/m1/s1. The van der Waals surface area contributed by atoms with Crippen LogP contribution in [0.25, 0.3) is 5.57 Å². The Morgan fingerprint density at radius 2 is 1.90 bits per heavy atom. The topological polar surface area (TPSA) is 38.8 Å². The summed E-state index contributed by atoms with van der Waals surface area (Å²) in [6.45, 7) is 8.31. The summed E-state index contributed by atoms with van der Waals surface area (Å²) >= 11 is 0. The normalized spacial score (nSPS) is 17.7. The molecular weight excluding hydrogens is 374 g/mol. The van der Waals surface area contributed by atoms with Crippen LogP contribution in [0.4, 0.5) is 0 Å². The first kappa shape index (κ1) is 22.3. The van der Waals surface area contributed by atoms with Gasteiger partial charge in [-0.15, -0.1) is 0 Å². The van der Waals surface area contributed by atoms with Gasteiger partial charge in [0, 0.05) is 13.1 Å². The molecule has 2 aromatic rings. The van der Waals surface area contributed by atoms with E-state index in [4.69, 9.17) is 9.47 Å². The van der Waals surface area contributed by atoms with E-state index in [-0.39, 0.29) is 11.9 Å². The van der Waals surface area contributed by atoms with Crippen LogP contribution in [0.2, 0.25) is 0 Å². The summed E-state index contributed by atoms with van der Waals surface area (Å²) in [5, 5.41) is 0. The van der Waals surface area contributed by atoms with E-state index in [1.165, 1.54) is 22.3 Å². The highest BCUT2D eigenvalue weighted by Crippen LogP contribution is 2.26. The van der Waals surface area contributed by atoms with Crippen molar-refractivity contribution in [2.45, 2.75) is 26.7 Å². The average molecular weight is 408 g/mol. The van der Waals surface area contributed by atoms with Crippen LogP contribution in [-0.2, 0) is 14.3 Å². The molecule has 1 heterocycles. The minimum Gasteiger partial charge on any atom is -0.466 e. The highest BCUT2D eigenvalue weighted by Gasteiger charge is 2.26. The zero-order valence-corrected chi connectivity index (χ0v) is 18.2. The second-order valence-corrected chi connectivity index (χ2v) is 7.77. The first-order chi connectivity index (χ1) is 14.7. The van der Waals surface area contributed by atoms with Gasteiger partial charge in [-0.25, -0.2) is 0 Å². The SMILES string of the molecule is CCOC(=O)[C@@H]1CCCN(CCOC/C=C(/c2ccccc2)c2ccccc2C)C1. The van der Waals surface area contributed by atoms with Gasteiger partial charge in [-0.3, -0.25) is 4.79 Å². The molecule has 1 fully saturated rings. The maximum atomic E-state index is 12.0. The minimum absolute atomic E-state index is 0.00401. The number of carbonyl (C=O) groups is 1. The van der Waals surface area contributed by atoms with Gasteiger partial charge in [0.05, 0.1) is 25.7 Å². The Balaban J connectivity index is 1.55. The largest absolute Gasteiger partial charge is 0.466 e. The number of rotatable bonds is 9. The molecule has 1 saturated heterocycles. The number of likely N-dealkylation sites (tertiary alicyclic amines) is 1. The van der Waals surface area contributed by atoms with Crippen molar-refractivity contribution in [1.82, 2.24) is 4.90 Å². The van der Waals surface area contributed by atoms with Gasteiger partial charge in [0.1, 0.15) is 0 Å². The van der Waals surface area contributed by atoms with E-state index in [0.29, 0.717) is 19.8 Å². The van der Waals surface area contributed by atoms with E-state index in [0.717, 1.165) is 32.5 Å². The van der Waals surface area contributed by atoms with Crippen LogP contribution >= 0.6 is 0 Å². The molecule has 0 bridgehead atoms. The Kier molecular flexibility index (Phi) is 8.66. The van der Waals surface area contributed by atoms with Crippen molar-refractivity contribution < 1.29 is 14.3 Å². The summed E-state index contributed by atoms with van der Waals surface area (Å²) in [5.41, 5.74) is 4.89. The quantitative estimate of drug-likeness (QED) is 0.445. The molecule has 1 aliphatic rings. The zero-order valence-electron chi connectivity index (χ0n) is 18.2. The van der Waals surface area contributed by atoms with Crippen LogP contribution in [-0.4, -0.2) is 50.3 Å². The predicted octanol–water partition coefficient (Wildman–Crippen LogP) is 4.72. The highest BCUT2D eigenvalue weighted by molar-refractivity contribution is 5.81. The molecule has 1 aliphatic heterocycles. The van der Waals surface area contributed by atoms with E-state index in [1.54, 1.807) is 0 Å². The van der Waals surface area contributed by atoms with Crippen LogP contribution in [0.1, 0.15) is 36.5 Å². The maximum Gasteiger partial charge on any atom is 0.310 e. The first-order valence-electron chi connectivity index (χ1n) is 11.0. The molecule has 4 nitrogen and oxygen atoms in total. The third-order valence-corrected chi connectivity index (χ3v) is 5.60. The van der Waals surface area contributed by atoms with Crippen molar-refractivity contribution in [1.29, 1.82) is 0 Å². The third kappa shape index (κ3) is 6.28. The molecule has 0 spiro atoms. The molecule has 30 heavy (non-hydrogen) atoms. The Morgan fingerprint density at radius 1 is 1.13 bits per heavy atom. The summed E-state index contributed by atoms with van der Waals surface area (Å²) in [7, 11) is 0. The van der Waals surface area contributed by atoms with Crippen molar-refractivity contribution >= 4 is 11.5 Å². The average Bonchev–Trinajstić information content (AvgIpc) is 2.78. The van der Waals surface area contributed by atoms with Crippen LogP contribution < -0.4 is 0 Å². The van der Waals surface area contributed by atoms with Gasteiger partial charge >= 0.3 is 5.97 Å². The van der Waals surface area contributed by atoms with Gasteiger partial charge in [0.15, 0.2) is 0 Å². The lowest BCUT2D eigenvalue weighted by molar-refractivity contribution is -0.150. The van der Waals surface area contributed by atoms with E-state index in [1.807, 2.05) is 13.0 Å². The van der Waals surface area contributed by atoms with Gasteiger partial charge in [0.25, 0.3) is 0 Å². The molecule has 4 heteroatoms. The van der Waals surface area contributed by atoms with Gasteiger partial charge in [-0.2, -0.15) is 0 Å². The van der Waals surface area contributed by atoms with Gasteiger partial charge in [0.2, 0.25) is 0 Å². The Morgan fingerprint density at radius 3 is 2.67 bits per heavy atom. The Hall–Kier alpha value is -2.43. The molecule has 2 aromatic carbocycles. The number of hydrogen-bond donors (Lipinski definition) is 0. The zero-order chi connectivity index (χ0) is 21.2. The first-order valence-corrected chi connectivity index (χ1v) is 11.0. The maximum absolute atomic E-state index is 12.0. The van der Waals surface area contributed by atoms with Gasteiger partial charge in [-0.05, 0) is 55.5 Å². The number of esters is 1. The number of benzene rings is 2. The predicted molar refractivity (Wildman–Crippen MR) is 121 cm³/mol. The van der Waals surface area contributed by atoms with Gasteiger partial charge in [-0.1, -0.05) is 60.7 Å². The lowest BCUT2D eigenvalue weighted by atomic mass is 9.94. The van der Waals surface area contributed by atoms with Crippen molar-refractivity contribution in [2.75, 3.05) is 39.5 Å². The highest BCUT2D eigenvalue weighted by atomic mass is 16.5. The van der Waals surface area contributed by atoms with Crippen molar-refractivity contribution in [2.24, 2.45) is 5.92 Å². The number of piperidine rings is 1. The molecule has 0 radical (unpaired) electrons. The summed E-state index contributed by atoms with van der Waals surface area (Å²) in [4.78, 5) is 14.3. The lowest BCUT2D eigenvalue weighted by Gasteiger charge is -2.31. The summed E-state index contributed by atoms with van der Waals surface area (Å²) < 4.78 is 11.1. The van der Waals surface area contributed by atoms with Crippen molar-refractivity contribution in [3.05, 3.63) is 77.4 Å². The molecule has 0 N–H and O–H groups in total. The number of ether oxygens (including phenoxy) is 2. The van der Waals surface area contributed by atoms with Crippen LogP contribution in [0.5, 0.6) is 0 Å². The number of nitrogens with zero attached hydrogens (tertiary/aromatic N) is 1. The van der Waals surface area contributed by atoms with Crippen LogP contribution in [0.3, 0.4) is 0 Å². The van der Waals surface area contributed by atoms with E-state index in [2.05, 4.69) is 66.4 Å². The molecule has 0 amide bonds. The summed E-state index contributed by atoms with van der Waals surface area (Å²) in [6, 6.07) is 18.9. The Bertz CT molecular complexity index is 831. The fourth-order valence-corrected chi connectivity index (χ4v) is 4.01. The number of aryl methyl sites for hydroxylation is 1. The van der Waals surface area contributed by atoms with Crippen LogP contribution in [0.15, 0.2) is 60.7 Å². The van der Waals surface area contributed by atoms with Crippen molar-refractivity contribution in [3.63, 3.8) is 0 Å². The molecule has 0 aliphatic carbocycles.